The van der Waals surface area contributed by atoms with Gasteiger partial charge in [0.25, 0.3) is 0 Å². The molecule has 0 aliphatic heterocycles. The van der Waals surface area contributed by atoms with Crippen molar-refractivity contribution in [1.29, 1.82) is 0 Å². The summed E-state index contributed by atoms with van der Waals surface area (Å²) in [5.74, 6) is 6.22. The van der Waals surface area contributed by atoms with Gasteiger partial charge in [-0.15, -0.1) is 0 Å². The summed E-state index contributed by atoms with van der Waals surface area (Å²) in [6.45, 7) is 0. The minimum Gasteiger partial charge on any atom is -0.496 e. The molecule has 1 aromatic rings. The van der Waals surface area contributed by atoms with E-state index in [-0.39, 0.29) is 6.42 Å². The minimum absolute atomic E-state index is 0.198. The lowest BCUT2D eigenvalue weighted by molar-refractivity contribution is -0.136. The zero-order valence-electron chi connectivity index (χ0n) is 10.8. The number of nitrogens with two attached hydrogens (primary N) is 1. The highest BCUT2D eigenvalue weighted by molar-refractivity contribution is 5.46. The molecule has 0 radical (unpaired) electrons. The first-order valence-corrected chi connectivity index (χ1v) is 5.66. The predicted octanol–water partition coefficient (Wildman–Crippen LogP) is 2.55. The molecule has 1 rings (SSSR count). The first kappa shape index (κ1) is 15.6. The molecule has 108 valence electrons. The van der Waals surface area contributed by atoms with Crippen LogP contribution in [0, 0.1) is 0 Å². The van der Waals surface area contributed by atoms with Crippen molar-refractivity contribution in [2.45, 2.75) is 25.1 Å². The van der Waals surface area contributed by atoms with E-state index in [0.29, 0.717) is 17.1 Å². The van der Waals surface area contributed by atoms with Crippen LogP contribution in [-0.4, -0.2) is 20.4 Å². The normalized spacial score (nSPS) is 13.2. The number of halogens is 3. The summed E-state index contributed by atoms with van der Waals surface area (Å²) < 4.78 is 47.2. The fourth-order valence-corrected chi connectivity index (χ4v) is 1.84. The van der Waals surface area contributed by atoms with E-state index in [4.69, 9.17) is 15.3 Å². The highest BCUT2D eigenvalue weighted by Gasteiger charge is 2.30. The molecule has 0 heterocycles. The molecule has 0 spiro atoms. The van der Waals surface area contributed by atoms with Crippen LogP contribution < -0.4 is 20.7 Å². The minimum atomic E-state index is -4.23. The lowest BCUT2D eigenvalue weighted by atomic mass is 10.00. The number of hydrazine groups is 1. The summed E-state index contributed by atoms with van der Waals surface area (Å²) >= 11 is 0. The standard InChI is InChI=1S/C12H17F3N2O2/c1-18-9-4-3-5-10(19-2)11(9)8(17-16)6-7-12(13,14)15/h3-5,8,17H,6-7,16H2,1-2H3. The summed E-state index contributed by atoms with van der Waals surface area (Å²) in [4.78, 5) is 0. The number of ether oxygens (including phenoxy) is 2. The molecule has 0 bridgehead atoms. The Hall–Kier alpha value is -1.47. The molecule has 0 aromatic heterocycles. The van der Waals surface area contributed by atoms with Crippen LogP contribution in [0.1, 0.15) is 24.4 Å². The lowest BCUT2D eigenvalue weighted by Crippen LogP contribution is -2.29. The summed E-state index contributed by atoms with van der Waals surface area (Å²) in [5.41, 5.74) is 2.87. The Morgan fingerprint density at radius 1 is 1.21 bits per heavy atom. The fraction of sp³-hybridized carbons (Fsp3) is 0.500. The molecular formula is C12H17F3N2O2. The van der Waals surface area contributed by atoms with Crippen LogP contribution >= 0.6 is 0 Å². The van der Waals surface area contributed by atoms with Gasteiger partial charge in [0, 0.05) is 6.42 Å². The lowest BCUT2D eigenvalue weighted by Gasteiger charge is -2.22. The van der Waals surface area contributed by atoms with Gasteiger partial charge < -0.3 is 9.47 Å². The van der Waals surface area contributed by atoms with Crippen LogP contribution in [0.15, 0.2) is 18.2 Å². The SMILES string of the molecule is COc1cccc(OC)c1C(CCC(F)(F)F)NN. The average Bonchev–Trinajstić information content (AvgIpc) is 2.38. The monoisotopic (exact) mass is 278 g/mol. The number of methoxy groups -OCH3 is 2. The van der Waals surface area contributed by atoms with E-state index < -0.39 is 18.6 Å². The van der Waals surface area contributed by atoms with Gasteiger partial charge in [-0.05, 0) is 18.6 Å². The van der Waals surface area contributed by atoms with E-state index in [1.165, 1.54) is 14.2 Å². The van der Waals surface area contributed by atoms with Gasteiger partial charge >= 0.3 is 6.18 Å². The van der Waals surface area contributed by atoms with Crippen LogP contribution in [0.25, 0.3) is 0 Å². The summed E-state index contributed by atoms with van der Waals surface area (Å²) in [6, 6.07) is 4.29. The van der Waals surface area contributed by atoms with Crippen LogP contribution in [0.3, 0.4) is 0 Å². The maximum Gasteiger partial charge on any atom is 0.389 e. The molecule has 0 saturated carbocycles. The fourth-order valence-electron chi connectivity index (χ4n) is 1.84. The van der Waals surface area contributed by atoms with Gasteiger partial charge in [0.2, 0.25) is 0 Å². The highest BCUT2D eigenvalue weighted by Crippen LogP contribution is 2.37. The third kappa shape index (κ3) is 4.29. The molecule has 4 nitrogen and oxygen atoms in total. The van der Waals surface area contributed by atoms with Gasteiger partial charge in [0.15, 0.2) is 0 Å². The van der Waals surface area contributed by atoms with E-state index in [2.05, 4.69) is 5.43 Å². The molecule has 1 unspecified atom stereocenters. The molecule has 1 aromatic carbocycles. The van der Waals surface area contributed by atoms with Crippen molar-refractivity contribution in [3.8, 4) is 11.5 Å². The second-order valence-corrected chi connectivity index (χ2v) is 3.95. The molecule has 0 aliphatic carbocycles. The predicted molar refractivity (Wildman–Crippen MR) is 64.9 cm³/mol. The molecule has 0 saturated heterocycles. The topological polar surface area (TPSA) is 56.5 Å². The number of benzene rings is 1. The Bertz CT molecular complexity index is 388. The smallest absolute Gasteiger partial charge is 0.389 e. The van der Waals surface area contributed by atoms with E-state index in [1.54, 1.807) is 18.2 Å². The number of alkyl halides is 3. The molecule has 7 heteroatoms. The Balaban J connectivity index is 3.02. The molecule has 0 fully saturated rings. The van der Waals surface area contributed by atoms with Crippen molar-refractivity contribution in [1.82, 2.24) is 5.43 Å². The van der Waals surface area contributed by atoms with E-state index in [0.717, 1.165) is 0 Å². The van der Waals surface area contributed by atoms with E-state index in [1.807, 2.05) is 0 Å². The van der Waals surface area contributed by atoms with Crippen molar-refractivity contribution in [2.75, 3.05) is 14.2 Å². The molecule has 19 heavy (non-hydrogen) atoms. The van der Waals surface area contributed by atoms with Gasteiger partial charge in [-0.3, -0.25) is 11.3 Å². The van der Waals surface area contributed by atoms with Crippen molar-refractivity contribution in [3.05, 3.63) is 23.8 Å². The third-order valence-electron chi connectivity index (χ3n) is 2.73. The first-order chi connectivity index (χ1) is 8.92. The van der Waals surface area contributed by atoms with Gasteiger partial charge in [0.1, 0.15) is 11.5 Å². The van der Waals surface area contributed by atoms with E-state index in [9.17, 15) is 13.2 Å². The third-order valence-corrected chi connectivity index (χ3v) is 2.73. The molecule has 0 amide bonds. The zero-order chi connectivity index (χ0) is 14.5. The second-order valence-electron chi connectivity index (χ2n) is 3.95. The van der Waals surface area contributed by atoms with Crippen molar-refractivity contribution < 1.29 is 22.6 Å². The zero-order valence-corrected chi connectivity index (χ0v) is 10.8. The van der Waals surface area contributed by atoms with Crippen molar-refractivity contribution in [3.63, 3.8) is 0 Å². The average molecular weight is 278 g/mol. The quantitative estimate of drug-likeness (QED) is 0.620. The van der Waals surface area contributed by atoms with Gasteiger partial charge in [-0.25, -0.2) is 0 Å². The van der Waals surface area contributed by atoms with Crippen LogP contribution in [0.4, 0.5) is 13.2 Å². The molecule has 0 aliphatic rings. The number of nitrogens with one attached hydrogen (secondary N) is 1. The van der Waals surface area contributed by atoms with Crippen molar-refractivity contribution >= 4 is 0 Å². The number of rotatable bonds is 6. The largest absolute Gasteiger partial charge is 0.496 e. The van der Waals surface area contributed by atoms with E-state index >= 15 is 0 Å². The van der Waals surface area contributed by atoms with Gasteiger partial charge in [0.05, 0.1) is 25.8 Å². The van der Waals surface area contributed by atoms with Crippen LogP contribution in [0.2, 0.25) is 0 Å². The summed E-state index contributed by atoms with van der Waals surface area (Å²) in [5, 5.41) is 0. The second kappa shape index (κ2) is 6.63. The summed E-state index contributed by atoms with van der Waals surface area (Å²) in [6.07, 6.45) is -5.37. The number of hydrogen-bond acceptors (Lipinski definition) is 4. The van der Waals surface area contributed by atoms with Gasteiger partial charge in [-0.2, -0.15) is 13.2 Å². The molecular weight excluding hydrogens is 261 g/mol. The Labute approximate surface area is 109 Å². The highest BCUT2D eigenvalue weighted by atomic mass is 19.4. The summed E-state index contributed by atoms with van der Waals surface area (Å²) in [7, 11) is 2.88. The Kier molecular flexibility index (Phi) is 5.44. The molecule has 1 atom stereocenters. The number of hydrogen-bond donors (Lipinski definition) is 2. The van der Waals surface area contributed by atoms with Gasteiger partial charge in [-0.1, -0.05) is 6.07 Å². The maximum atomic E-state index is 12.3. The maximum absolute atomic E-state index is 12.3. The Morgan fingerprint density at radius 3 is 2.11 bits per heavy atom. The van der Waals surface area contributed by atoms with Crippen LogP contribution in [0.5, 0.6) is 11.5 Å². The van der Waals surface area contributed by atoms with Crippen molar-refractivity contribution in [2.24, 2.45) is 5.84 Å². The molecule has 3 N–H and O–H groups in total. The first-order valence-electron chi connectivity index (χ1n) is 5.66. The van der Waals surface area contributed by atoms with Crippen LogP contribution in [-0.2, 0) is 0 Å². The Morgan fingerprint density at radius 2 is 1.74 bits per heavy atom.